The van der Waals surface area contributed by atoms with Crippen molar-refractivity contribution in [2.75, 3.05) is 26.2 Å². The van der Waals surface area contributed by atoms with Crippen LogP contribution in [0.5, 0.6) is 5.75 Å². The maximum atomic E-state index is 13.9. The van der Waals surface area contributed by atoms with E-state index in [0.717, 1.165) is 16.4 Å². The molecular weight excluding hydrogens is 390 g/mol. The number of para-hydroxylation sites is 1. The van der Waals surface area contributed by atoms with E-state index in [2.05, 4.69) is 0 Å². The molecule has 1 heterocycles. The molecule has 0 aromatic heterocycles. The van der Waals surface area contributed by atoms with E-state index in [1.807, 2.05) is 6.07 Å². The molecule has 9 heteroatoms. The SMILES string of the molecule is C[C@H](Oc1ccccc1)C(=O)N1CCN(S(=O)(=O)c2ccc(F)cc2F)CC1. The van der Waals surface area contributed by atoms with Crippen molar-refractivity contribution in [1.29, 1.82) is 0 Å². The van der Waals surface area contributed by atoms with Gasteiger partial charge < -0.3 is 9.64 Å². The van der Waals surface area contributed by atoms with Crippen molar-refractivity contribution in [3.8, 4) is 5.75 Å². The van der Waals surface area contributed by atoms with Gasteiger partial charge in [0, 0.05) is 32.2 Å². The van der Waals surface area contributed by atoms with Crippen LogP contribution >= 0.6 is 0 Å². The van der Waals surface area contributed by atoms with Crippen LogP contribution < -0.4 is 4.74 Å². The van der Waals surface area contributed by atoms with Gasteiger partial charge in [0.2, 0.25) is 10.0 Å². The number of benzene rings is 2. The number of sulfonamides is 1. The molecule has 0 radical (unpaired) electrons. The maximum Gasteiger partial charge on any atom is 0.263 e. The highest BCUT2D eigenvalue weighted by Crippen LogP contribution is 2.22. The minimum absolute atomic E-state index is 0.0168. The van der Waals surface area contributed by atoms with Crippen LogP contribution in [0.25, 0.3) is 0 Å². The minimum atomic E-state index is -4.10. The van der Waals surface area contributed by atoms with Crippen molar-refractivity contribution < 1.29 is 26.7 Å². The van der Waals surface area contributed by atoms with Crippen LogP contribution in [-0.2, 0) is 14.8 Å². The third-order valence-electron chi connectivity index (χ3n) is 4.47. The van der Waals surface area contributed by atoms with Crippen molar-refractivity contribution in [3.63, 3.8) is 0 Å². The van der Waals surface area contributed by atoms with E-state index in [4.69, 9.17) is 4.74 Å². The summed E-state index contributed by atoms with van der Waals surface area (Å²) in [5.74, 6) is -1.67. The van der Waals surface area contributed by atoms with Crippen LogP contribution in [0.3, 0.4) is 0 Å². The average molecular weight is 410 g/mol. The lowest BCUT2D eigenvalue weighted by Crippen LogP contribution is -2.53. The zero-order valence-corrected chi connectivity index (χ0v) is 16.0. The molecule has 3 rings (SSSR count). The van der Waals surface area contributed by atoms with Crippen LogP contribution in [0.4, 0.5) is 8.78 Å². The Kier molecular flexibility index (Phi) is 5.95. The smallest absolute Gasteiger partial charge is 0.263 e. The van der Waals surface area contributed by atoms with Crippen LogP contribution in [0.1, 0.15) is 6.92 Å². The Morgan fingerprint density at radius 2 is 1.68 bits per heavy atom. The Hall–Kier alpha value is -2.52. The number of amides is 1. The van der Waals surface area contributed by atoms with Crippen LogP contribution in [-0.4, -0.2) is 55.8 Å². The zero-order chi connectivity index (χ0) is 20.3. The third kappa shape index (κ3) is 4.31. The highest BCUT2D eigenvalue weighted by molar-refractivity contribution is 7.89. The summed E-state index contributed by atoms with van der Waals surface area (Å²) in [7, 11) is -4.10. The summed E-state index contributed by atoms with van der Waals surface area (Å²) >= 11 is 0. The number of hydrogen-bond donors (Lipinski definition) is 0. The molecule has 2 aromatic rings. The van der Waals surface area contributed by atoms with Gasteiger partial charge in [-0.3, -0.25) is 4.79 Å². The summed E-state index contributed by atoms with van der Waals surface area (Å²) in [5, 5.41) is 0. The number of hydrogen-bond acceptors (Lipinski definition) is 4. The molecule has 1 amide bonds. The molecule has 0 N–H and O–H groups in total. The first-order valence-corrected chi connectivity index (χ1v) is 10.2. The largest absolute Gasteiger partial charge is 0.481 e. The summed E-state index contributed by atoms with van der Waals surface area (Å²) in [6, 6.07) is 11.3. The Bertz CT molecular complexity index is 946. The van der Waals surface area contributed by atoms with Crippen molar-refractivity contribution in [3.05, 3.63) is 60.2 Å². The van der Waals surface area contributed by atoms with Gasteiger partial charge in [0.05, 0.1) is 0 Å². The molecule has 0 unspecified atom stereocenters. The lowest BCUT2D eigenvalue weighted by molar-refractivity contribution is -0.139. The minimum Gasteiger partial charge on any atom is -0.481 e. The van der Waals surface area contributed by atoms with Gasteiger partial charge in [0.15, 0.2) is 6.10 Å². The van der Waals surface area contributed by atoms with E-state index in [9.17, 15) is 22.0 Å². The molecule has 1 aliphatic heterocycles. The second-order valence-electron chi connectivity index (χ2n) is 6.38. The fourth-order valence-corrected chi connectivity index (χ4v) is 4.45. The number of halogens is 2. The molecule has 6 nitrogen and oxygen atoms in total. The van der Waals surface area contributed by atoms with E-state index < -0.39 is 32.7 Å². The molecule has 0 aliphatic carbocycles. The second-order valence-corrected chi connectivity index (χ2v) is 8.28. The molecule has 1 saturated heterocycles. The second kappa shape index (κ2) is 8.24. The van der Waals surface area contributed by atoms with Gasteiger partial charge in [-0.15, -0.1) is 0 Å². The summed E-state index contributed by atoms with van der Waals surface area (Å²) in [6.45, 7) is 1.98. The molecule has 150 valence electrons. The van der Waals surface area contributed by atoms with Crippen molar-refractivity contribution in [1.82, 2.24) is 9.21 Å². The van der Waals surface area contributed by atoms with Crippen LogP contribution in [0.15, 0.2) is 53.4 Å². The average Bonchev–Trinajstić information content (AvgIpc) is 2.68. The molecule has 0 bridgehead atoms. The first kappa shape index (κ1) is 20.2. The molecule has 0 saturated carbocycles. The summed E-state index contributed by atoms with van der Waals surface area (Å²) in [4.78, 5) is 13.5. The number of carbonyl (C=O) groups excluding carboxylic acids is 1. The van der Waals surface area contributed by atoms with Gasteiger partial charge in [0.1, 0.15) is 22.3 Å². The fraction of sp³-hybridized carbons (Fsp3) is 0.316. The summed E-state index contributed by atoms with van der Waals surface area (Å²) < 4.78 is 58.9. The van der Waals surface area contributed by atoms with E-state index in [-0.39, 0.29) is 32.1 Å². The highest BCUT2D eigenvalue weighted by Gasteiger charge is 2.33. The fourth-order valence-electron chi connectivity index (χ4n) is 2.98. The predicted molar refractivity (Wildman–Crippen MR) is 98.2 cm³/mol. The van der Waals surface area contributed by atoms with E-state index in [1.165, 1.54) is 4.90 Å². The Balaban J connectivity index is 1.62. The number of rotatable bonds is 5. The van der Waals surface area contributed by atoms with E-state index in [0.29, 0.717) is 11.8 Å². The Morgan fingerprint density at radius 3 is 2.29 bits per heavy atom. The Morgan fingerprint density at radius 1 is 1.04 bits per heavy atom. The molecule has 1 aliphatic rings. The normalized spacial score (nSPS) is 16.6. The van der Waals surface area contributed by atoms with Gasteiger partial charge in [-0.25, -0.2) is 17.2 Å². The van der Waals surface area contributed by atoms with Gasteiger partial charge in [0.25, 0.3) is 5.91 Å². The third-order valence-corrected chi connectivity index (χ3v) is 6.40. The summed E-state index contributed by atoms with van der Waals surface area (Å²) in [6.07, 6.45) is -0.722. The highest BCUT2D eigenvalue weighted by atomic mass is 32.2. The topological polar surface area (TPSA) is 66.9 Å². The number of carbonyl (C=O) groups is 1. The molecule has 2 aromatic carbocycles. The first-order valence-electron chi connectivity index (χ1n) is 8.75. The predicted octanol–water partition coefficient (Wildman–Crippen LogP) is 2.27. The number of piperazine rings is 1. The van der Waals surface area contributed by atoms with Gasteiger partial charge in [-0.2, -0.15) is 4.31 Å². The van der Waals surface area contributed by atoms with Crippen LogP contribution in [0, 0.1) is 11.6 Å². The quantitative estimate of drug-likeness (QED) is 0.759. The first-order chi connectivity index (χ1) is 13.3. The molecule has 28 heavy (non-hydrogen) atoms. The molecule has 0 spiro atoms. The maximum absolute atomic E-state index is 13.9. The number of nitrogens with zero attached hydrogens (tertiary/aromatic N) is 2. The molecule has 1 atom stereocenters. The van der Waals surface area contributed by atoms with Crippen molar-refractivity contribution in [2.24, 2.45) is 0 Å². The van der Waals surface area contributed by atoms with E-state index >= 15 is 0 Å². The lowest BCUT2D eigenvalue weighted by Gasteiger charge is -2.35. The standard InChI is InChI=1S/C19H20F2N2O4S/c1-14(27-16-5-3-2-4-6-16)19(24)22-9-11-23(12-10-22)28(25,26)18-8-7-15(20)13-17(18)21/h2-8,13-14H,9-12H2,1H3/t14-/m0/s1. The lowest BCUT2D eigenvalue weighted by atomic mass is 10.3. The van der Waals surface area contributed by atoms with E-state index in [1.54, 1.807) is 31.2 Å². The van der Waals surface area contributed by atoms with Crippen LogP contribution in [0.2, 0.25) is 0 Å². The summed E-state index contributed by atoms with van der Waals surface area (Å²) in [5.41, 5.74) is 0. The van der Waals surface area contributed by atoms with Gasteiger partial charge in [-0.05, 0) is 31.2 Å². The van der Waals surface area contributed by atoms with Gasteiger partial charge in [-0.1, -0.05) is 18.2 Å². The van der Waals surface area contributed by atoms with Crippen molar-refractivity contribution in [2.45, 2.75) is 17.9 Å². The zero-order valence-electron chi connectivity index (χ0n) is 15.2. The van der Waals surface area contributed by atoms with Crippen molar-refractivity contribution >= 4 is 15.9 Å². The Labute approximate surface area is 162 Å². The number of ether oxygens (including phenoxy) is 1. The monoisotopic (exact) mass is 410 g/mol. The molecular formula is C19H20F2N2O4S. The molecule has 1 fully saturated rings. The van der Waals surface area contributed by atoms with Gasteiger partial charge >= 0.3 is 0 Å².